The number of piperidine rings is 2. The SMILES string of the molecule is Cc1cn([C@H]2C[C@H](OC(=O)O[C@H]3C[C@H](n4cc(C)c(=O)[nH]c4=O)O[C@@]3(CO[Si](c3ccccc3)c3ccc(C(C)(C)C)cc3)C(CNC(Cc3ccccc3)C3CCCCN3)c3ccccc3)[C@](CO[Si](c3ccccc3)c3ccc(C(C)(C)C)cc3)(C(CNC(Cc3ccccc3)C3CCCCN3)c3ccccc3)O2)c(=O)[nH]c1=O. The van der Waals surface area contributed by atoms with Crippen LogP contribution in [-0.2, 0) is 51.5 Å². The fourth-order valence-electron chi connectivity index (χ4n) is 17.5. The summed E-state index contributed by atoms with van der Waals surface area (Å²) in [6.07, 6.45) is 4.28. The van der Waals surface area contributed by atoms with Crippen molar-refractivity contribution in [2.75, 3.05) is 39.4 Å². The number of aromatic nitrogens is 4. The van der Waals surface area contributed by atoms with E-state index in [0.717, 1.165) is 94.6 Å². The van der Waals surface area contributed by atoms with Crippen LogP contribution < -0.4 is 64.5 Å². The first kappa shape index (κ1) is 83.0. The first-order valence-corrected chi connectivity index (χ1v) is 44.2. The van der Waals surface area contributed by atoms with Gasteiger partial charge in [0.15, 0.2) is 0 Å². The standard InChI is InChI=1S/C95H112N8O11Si2/c1-65-61-102(89(106)100-87(65)104)85-57-83(94(113-85,63-109-115(73-39-23-13-24-40-73)75-49-45-71(46-50-75)92(3,4)5)77(69-35-19-11-20-36-69)59-98-81(79-43-27-29-53-96-79)55-67-31-15-9-16-32-67)111-91(108)112-84-58-86(103-62-66(2)88(105)101-90(103)107)114-95(84,64-110-116(74-41-25-14-26-42-74)76-51-47-72(48-52-76)93(6,7)8)78(70-37-21-12-22-38-70)60-99-82(80-44-28-30-54-97-80)56-68-33-17-10-18-34-68/h9-26,31-42,45-52,61-62,77-86,96-99H,27-30,43-44,53-60,63-64H2,1-8H3,(H,100,104,106)(H,101,105,107)/t77?,78?,79?,80?,81?,82?,83-,84-,85+,86+,94-,95-/m0/s1. The fraction of sp³-hybridized carbons (Fsp3) is 0.400. The summed E-state index contributed by atoms with van der Waals surface area (Å²) in [5.41, 5.74) is 0.670. The molecule has 4 fully saturated rings. The number of aromatic amines is 2. The Morgan fingerprint density at radius 2 is 0.802 bits per heavy atom. The number of hydrogen-bond donors (Lipinski definition) is 6. The zero-order valence-electron chi connectivity index (χ0n) is 68.1. The summed E-state index contributed by atoms with van der Waals surface area (Å²) in [5.74, 6) is -1.44. The van der Waals surface area contributed by atoms with Gasteiger partial charge in [0.05, 0.1) is 13.2 Å². The highest BCUT2D eigenvalue weighted by atomic mass is 28.3. The lowest BCUT2D eigenvalue weighted by molar-refractivity contribution is -0.159. The third-order valence-corrected chi connectivity index (χ3v) is 28.3. The Hall–Kier alpha value is -9.50. The van der Waals surface area contributed by atoms with Gasteiger partial charge < -0.3 is 49.1 Å². The Morgan fingerprint density at radius 1 is 0.466 bits per heavy atom. The third kappa shape index (κ3) is 19.7. The second-order valence-corrected chi connectivity index (χ2v) is 38.2. The quantitative estimate of drug-likeness (QED) is 0.0182. The average molecular weight is 1600 g/mol. The lowest BCUT2D eigenvalue weighted by atomic mass is 9.78. The smallest absolute Gasteiger partial charge is 0.428 e. The van der Waals surface area contributed by atoms with Crippen LogP contribution in [0.1, 0.15) is 162 Å². The molecule has 4 saturated heterocycles. The average Bonchev–Trinajstić information content (AvgIpc) is 1.58. The van der Waals surface area contributed by atoms with E-state index in [2.05, 4.69) is 218 Å². The minimum atomic E-state index is -2.24. The van der Waals surface area contributed by atoms with Gasteiger partial charge in [0.1, 0.15) is 35.9 Å². The molecule has 116 heavy (non-hydrogen) atoms. The van der Waals surface area contributed by atoms with Crippen LogP contribution in [0.3, 0.4) is 0 Å². The van der Waals surface area contributed by atoms with E-state index < -0.39 is 94.4 Å². The number of ether oxygens (including phenoxy) is 4. The molecule has 6 N–H and O–H groups in total. The van der Waals surface area contributed by atoms with Gasteiger partial charge >= 0.3 is 17.5 Å². The van der Waals surface area contributed by atoms with Crippen molar-refractivity contribution in [1.82, 2.24) is 40.4 Å². The van der Waals surface area contributed by atoms with Crippen molar-refractivity contribution in [3.63, 3.8) is 0 Å². The first-order valence-electron chi connectivity index (χ1n) is 41.4. The Morgan fingerprint density at radius 3 is 1.14 bits per heavy atom. The van der Waals surface area contributed by atoms with E-state index in [1.165, 1.54) is 32.7 Å². The van der Waals surface area contributed by atoms with Crippen LogP contribution in [0.4, 0.5) is 4.79 Å². The zero-order valence-corrected chi connectivity index (χ0v) is 70.1. The maximum atomic E-state index is 16.9. The molecule has 2 aromatic heterocycles. The summed E-state index contributed by atoms with van der Waals surface area (Å²) >= 11 is 0. The Labute approximate surface area is 684 Å². The van der Waals surface area contributed by atoms with Gasteiger partial charge in [-0.1, -0.05) is 285 Å². The Bertz CT molecular complexity index is 4760. The molecular weight excluding hydrogens is 1490 g/mol. The van der Waals surface area contributed by atoms with E-state index in [0.29, 0.717) is 12.8 Å². The predicted molar refractivity (Wildman–Crippen MR) is 461 cm³/mol. The van der Waals surface area contributed by atoms with Crippen molar-refractivity contribution in [1.29, 1.82) is 0 Å². The number of carbonyl (C=O) groups is 1. The van der Waals surface area contributed by atoms with Crippen molar-refractivity contribution in [3.05, 3.63) is 329 Å². The highest BCUT2D eigenvalue weighted by molar-refractivity contribution is 6.80. The second-order valence-electron chi connectivity index (χ2n) is 34.0. The van der Waals surface area contributed by atoms with Gasteiger partial charge in [-0.15, -0.1) is 0 Å². The van der Waals surface area contributed by atoms with E-state index >= 15 is 4.79 Å². The molecular formula is C95H112N8O11Si2. The monoisotopic (exact) mass is 1600 g/mol. The van der Waals surface area contributed by atoms with E-state index in [9.17, 15) is 19.2 Å². The molecule has 0 spiro atoms. The maximum Gasteiger partial charge on any atom is 0.509 e. The number of nitrogens with one attached hydrogen (secondary N) is 6. The van der Waals surface area contributed by atoms with Crippen LogP contribution in [0.2, 0.25) is 0 Å². The number of carbonyl (C=O) groups excluding carboxylic acids is 1. The van der Waals surface area contributed by atoms with E-state index in [4.69, 9.17) is 27.8 Å². The summed E-state index contributed by atoms with van der Waals surface area (Å²) in [5, 5.41) is 19.9. The summed E-state index contributed by atoms with van der Waals surface area (Å²) in [7, 11) is -4.47. The van der Waals surface area contributed by atoms with Crippen LogP contribution in [0.5, 0.6) is 0 Å². The summed E-state index contributed by atoms with van der Waals surface area (Å²) < 4.78 is 48.9. The zero-order chi connectivity index (χ0) is 81.0. The number of nitrogens with zero attached hydrogens (tertiary/aromatic N) is 2. The lowest BCUT2D eigenvalue weighted by Gasteiger charge is -2.44. The van der Waals surface area contributed by atoms with Crippen LogP contribution in [0.15, 0.2) is 262 Å². The number of benzene rings is 8. The van der Waals surface area contributed by atoms with Crippen LogP contribution >= 0.6 is 0 Å². The molecule has 0 saturated carbocycles. The molecule has 0 amide bonds. The fourth-order valence-corrected chi connectivity index (χ4v) is 21.5. The van der Waals surface area contributed by atoms with E-state index in [-0.39, 0.29) is 85.3 Å². The van der Waals surface area contributed by atoms with Crippen LogP contribution in [0, 0.1) is 13.8 Å². The van der Waals surface area contributed by atoms with Crippen LogP contribution in [-0.4, -0.2) is 130 Å². The topological polar surface area (TPSA) is 230 Å². The van der Waals surface area contributed by atoms with Gasteiger partial charge in [-0.2, -0.15) is 0 Å². The van der Waals surface area contributed by atoms with E-state index in [1.807, 2.05) is 84.9 Å². The predicted octanol–water partition coefficient (Wildman–Crippen LogP) is 11.4. The van der Waals surface area contributed by atoms with Crippen LogP contribution in [0.25, 0.3) is 0 Å². The molecule has 10 aromatic rings. The summed E-state index contributed by atoms with van der Waals surface area (Å²) in [6, 6.07) is 78.8. The van der Waals surface area contributed by atoms with Gasteiger partial charge in [-0.05, 0) is 130 Å². The Balaban J connectivity index is 0.944. The molecule has 2 radical (unpaired) electrons. The number of rotatable bonds is 30. The number of H-pyrrole nitrogens is 2. The molecule has 21 heteroatoms. The molecule has 4 aliphatic rings. The second kappa shape index (κ2) is 37.4. The summed E-state index contributed by atoms with van der Waals surface area (Å²) in [6.45, 7) is 18.4. The van der Waals surface area contributed by atoms with Gasteiger partial charge in [0.25, 0.3) is 29.2 Å². The maximum absolute atomic E-state index is 16.9. The van der Waals surface area contributed by atoms with Gasteiger partial charge in [0.2, 0.25) is 0 Å². The van der Waals surface area contributed by atoms with Crippen molar-refractivity contribution in [2.24, 2.45) is 0 Å². The highest BCUT2D eigenvalue weighted by Gasteiger charge is 2.61. The molecule has 19 nitrogen and oxygen atoms in total. The molecule has 8 aromatic carbocycles. The molecule has 4 aliphatic heterocycles. The minimum Gasteiger partial charge on any atom is -0.428 e. The van der Waals surface area contributed by atoms with Gasteiger partial charge in [-0.25, -0.2) is 14.4 Å². The molecule has 6 unspecified atom stereocenters. The first-order chi connectivity index (χ1) is 56.1. The molecule has 14 rings (SSSR count). The van der Waals surface area contributed by atoms with Gasteiger partial charge in [0, 0.05) is 85.5 Å². The van der Waals surface area contributed by atoms with Crippen molar-refractivity contribution in [3.8, 4) is 0 Å². The number of hydrogen-bond acceptors (Lipinski definition) is 15. The van der Waals surface area contributed by atoms with E-state index in [1.54, 1.807) is 13.8 Å². The highest BCUT2D eigenvalue weighted by Crippen LogP contribution is 2.50. The van der Waals surface area contributed by atoms with Gasteiger partial charge in [-0.3, -0.25) is 28.7 Å². The minimum absolute atomic E-state index is 0.0867. The lowest BCUT2D eigenvalue weighted by Crippen LogP contribution is -2.59. The third-order valence-electron chi connectivity index (χ3n) is 24.0. The molecule has 606 valence electrons. The normalized spacial score (nSPS) is 22.3. The van der Waals surface area contributed by atoms with Crippen molar-refractivity contribution in [2.45, 2.75) is 202 Å². The van der Waals surface area contributed by atoms with Crippen molar-refractivity contribution < 1.29 is 32.6 Å². The summed E-state index contributed by atoms with van der Waals surface area (Å²) in [4.78, 5) is 78.5. The Kier molecular flexibility index (Phi) is 26.8. The number of aryl methyl sites for hydroxylation is 2. The largest absolute Gasteiger partial charge is 0.509 e. The molecule has 0 aliphatic carbocycles. The molecule has 12 atom stereocenters. The molecule has 6 heterocycles. The molecule has 0 bridgehead atoms. The van der Waals surface area contributed by atoms with Crippen molar-refractivity contribution >= 4 is 45.0 Å².